The van der Waals surface area contributed by atoms with Gasteiger partial charge in [-0.05, 0) is 33.0 Å². The summed E-state index contributed by atoms with van der Waals surface area (Å²) in [5, 5.41) is 0. The summed E-state index contributed by atoms with van der Waals surface area (Å²) in [6.45, 7) is 5.87. The summed E-state index contributed by atoms with van der Waals surface area (Å²) in [6.07, 6.45) is 1.78. The minimum atomic E-state index is 0.310. The molecule has 18 heavy (non-hydrogen) atoms. The Hall–Kier alpha value is -0.650. The third kappa shape index (κ3) is 3.22. The summed E-state index contributed by atoms with van der Waals surface area (Å²) < 4.78 is 0. The number of likely N-dealkylation sites (N-methyl/N-ethyl adjacent to an activating group) is 1. The highest BCUT2D eigenvalue weighted by atomic mass is 16.2. The van der Waals surface area contributed by atoms with Crippen LogP contribution in [0.1, 0.15) is 12.8 Å². The van der Waals surface area contributed by atoms with Gasteiger partial charge in [0.2, 0.25) is 5.91 Å². The lowest BCUT2D eigenvalue weighted by Crippen LogP contribution is -2.39. The van der Waals surface area contributed by atoms with E-state index in [1.807, 2.05) is 0 Å². The topological polar surface area (TPSA) is 52.8 Å². The molecule has 2 fully saturated rings. The standard InChI is InChI=1S/C13H26N4O/c1-15(2)5-6-16-4-3-12(10-16)17-9-11(8-14)7-13(17)18/h11-12H,3-10,14H2,1-2H3. The van der Waals surface area contributed by atoms with E-state index in [0.717, 1.165) is 39.1 Å². The quantitative estimate of drug-likeness (QED) is 0.714. The summed E-state index contributed by atoms with van der Waals surface area (Å²) >= 11 is 0. The first kappa shape index (κ1) is 13.8. The molecule has 2 atom stereocenters. The maximum atomic E-state index is 11.9. The average molecular weight is 254 g/mol. The van der Waals surface area contributed by atoms with Gasteiger partial charge in [-0.15, -0.1) is 0 Å². The van der Waals surface area contributed by atoms with Crippen LogP contribution in [0.4, 0.5) is 0 Å². The third-order valence-electron chi connectivity index (χ3n) is 4.12. The Balaban J connectivity index is 1.80. The molecule has 0 aromatic carbocycles. The van der Waals surface area contributed by atoms with Crippen LogP contribution in [0, 0.1) is 5.92 Å². The molecule has 2 rings (SSSR count). The zero-order valence-corrected chi connectivity index (χ0v) is 11.6. The SMILES string of the molecule is CN(C)CCN1CCC(N2CC(CN)CC2=O)C1. The lowest BCUT2D eigenvalue weighted by molar-refractivity contribution is -0.129. The fourth-order valence-corrected chi connectivity index (χ4v) is 2.93. The smallest absolute Gasteiger partial charge is 0.223 e. The molecule has 2 aliphatic rings. The van der Waals surface area contributed by atoms with E-state index in [2.05, 4.69) is 28.8 Å². The Kier molecular flexibility index (Phi) is 4.59. The van der Waals surface area contributed by atoms with Gasteiger partial charge in [0.05, 0.1) is 0 Å². The highest BCUT2D eigenvalue weighted by Crippen LogP contribution is 2.24. The third-order valence-corrected chi connectivity index (χ3v) is 4.12. The van der Waals surface area contributed by atoms with Crippen molar-refractivity contribution in [2.24, 2.45) is 11.7 Å². The molecule has 0 aromatic rings. The van der Waals surface area contributed by atoms with Crippen molar-refractivity contribution in [3.63, 3.8) is 0 Å². The largest absolute Gasteiger partial charge is 0.338 e. The molecule has 2 unspecified atom stereocenters. The van der Waals surface area contributed by atoms with Crippen LogP contribution in [0.15, 0.2) is 0 Å². The summed E-state index contributed by atoms with van der Waals surface area (Å²) in [5.41, 5.74) is 5.67. The van der Waals surface area contributed by atoms with E-state index in [4.69, 9.17) is 5.73 Å². The van der Waals surface area contributed by atoms with E-state index in [1.165, 1.54) is 0 Å². The van der Waals surface area contributed by atoms with E-state index >= 15 is 0 Å². The van der Waals surface area contributed by atoms with Gasteiger partial charge < -0.3 is 15.5 Å². The van der Waals surface area contributed by atoms with Crippen molar-refractivity contribution in [2.45, 2.75) is 18.9 Å². The van der Waals surface area contributed by atoms with Gasteiger partial charge in [0, 0.05) is 45.2 Å². The predicted molar refractivity (Wildman–Crippen MR) is 72.3 cm³/mol. The molecule has 1 amide bonds. The van der Waals surface area contributed by atoms with Gasteiger partial charge in [-0.3, -0.25) is 9.69 Å². The van der Waals surface area contributed by atoms with Crippen LogP contribution in [0.3, 0.4) is 0 Å². The first-order valence-electron chi connectivity index (χ1n) is 6.96. The van der Waals surface area contributed by atoms with Crippen molar-refractivity contribution in [2.75, 3.05) is 53.4 Å². The van der Waals surface area contributed by atoms with Crippen LogP contribution in [0.25, 0.3) is 0 Å². The molecular formula is C13H26N4O. The number of nitrogens with two attached hydrogens (primary N) is 1. The van der Waals surface area contributed by atoms with Gasteiger partial charge in [-0.25, -0.2) is 0 Å². The molecule has 2 heterocycles. The fraction of sp³-hybridized carbons (Fsp3) is 0.923. The van der Waals surface area contributed by atoms with Crippen LogP contribution in [-0.2, 0) is 4.79 Å². The van der Waals surface area contributed by atoms with Crippen molar-refractivity contribution in [1.29, 1.82) is 0 Å². The summed E-state index contributed by atoms with van der Waals surface area (Å²) in [7, 11) is 4.20. The predicted octanol–water partition coefficient (Wildman–Crippen LogP) is -0.570. The van der Waals surface area contributed by atoms with E-state index in [9.17, 15) is 4.79 Å². The molecule has 0 bridgehead atoms. The minimum absolute atomic E-state index is 0.310. The van der Waals surface area contributed by atoms with E-state index in [1.54, 1.807) is 0 Å². The molecule has 0 aliphatic carbocycles. The summed E-state index contributed by atoms with van der Waals surface area (Å²) in [4.78, 5) is 18.7. The molecule has 2 N–H and O–H groups in total. The van der Waals surface area contributed by atoms with Gasteiger partial charge in [-0.2, -0.15) is 0 Å². The molecule has 0 spiro atoms. The van der Waals surface area contributed by atoms with Gasteiger partial charge in [0.25, 0.3) is 0 Å². The van der Waals surface area contributed by atoms with Crippen molar-refractivity contribution in [3.05, 3.63) is 0 Å². The molecule has 104 valence electrons. The van der Waals surface area contributed by atoms with Gasteiger partial charge in [0.15, 0.2) is 0 Å². The van der Waals surface area contributed by atoms with Gasteiger partial charge in [0.1, 0.15) is 0 Å². The number of carbonyl (C=O) groups is 1. The van der Waals surface area contributed by atoms with Crippen molar-refractivity contribution in [3.8, 4) is 0 Å². The van der Waals surface area contributed by atoms with Gasteiger partial charge in [-0.1, -0.05) is 0 Å². The average Bonchev–Trinajstić information content (AvgIpc) is 2.92. The zero-order valence-electron chi connectivity index (χ0n) is 11.6. The van der Waals surface area contributed by atoms with Crippen LogP contribution in [0.5, 0.6) is 0 Å². The Labute approximate surface area is 110 Å². The number of nitrogens with zero attached hydrogens (tertiary/aromatic N) is 3. The highest BCUT2D eigenvalue weighted by Gasteiger charge is 2.36. The molecule has 2 aliphatic heterocycles. The Morgan fingerprint density at radius 1 is 1.39 bits per heavy atom. The van der Waals surface area contributed by atoms with Crippen LogP contribution in [0.2, 0.25) is 0 Å². The van der Waals surface area contributed by atoms with Crippen LogP contribution in [-0.4, -0.2) is 80.0 Å². The minimum Gasteiger partial charge on any atom is -0.338 e. The molecule has 5 heteroatoms. The molecule has 0 aromatic heterocycles. The maximum absolute atomic E-state index is 11.9. The first-order chi connectivity index (χ1) is 8.60. The van der Waals surface area contributed by atoms with E-state index < -0.39 is 0 Å². The second kappa shape index (κ2) is 5.99. The number of rotatable bonds is 5. The van der Waals surface area contributed by atoms with E-state index in [-0.39, 0.29) is 0 Å². The molecule has 0 radical (unpaired) electrons. The van der Waals surface area contributed by atoms with Gasteiger partial charge >= 0.3 is 0 Å². The van der Waals surface area contributed by atoms with Crippen LogP contribution < -0.4 is 5.73 Å². The van der Waals surface area contributed by atoms with Crippen molar-refractivity contribution in [1.82, 2.24) is 14.7 Å². The van der Waals surface area contributed by atoms with Crippen molar-refractivity contribution < 1.29 is 4.79 Å². The second-order valence-corrected chi connectivity index (χ2v) is 5.90. The highest BCUT2D eigenvalue weighted by molar-refractivity contribution is 5.79. The first-order valence-corrected chi connectivity index (χ1v) is 6.96. The molecule has 2 saturated heterocycles. The van der Waals surface area contributed by atoms with Crippen LogP contribution >= 0.6 is 0 Å². The number of hydrogen-bond acceptors (Lipinski definition) is 4. The zero-order chi connectivity index (χ0) is 13.1. The normalized spacial score (nSPS) is 29.8. The maximum Gasteiger partial charge on any atom is 0.223 e. The lowest BCUT2D eigenvalue weighted by atomic mass is 10.1. The number of likely N-dealkylation sites (tertiary alicyclic amines) is 2. The summed E-state index contributed by atoms with van der Waals surface area (Å²) in [5.74, 6) is 0.693. The fourth-order valence-electron chi connectivity index (χ4n) is 2.93. The lowest BCUT2D eigenvalue weighted by Gasteiger charge is -2.25. The molecule has 0 saturated carbocycles. The Bertz CT molecular complexity index is 295. The second-order valence-electron chi connectivity index (χ2n) is 5.90. The Morgan fingerprint density at radius 3 is 2.78 bits per heavy atom. The number of hydrogen-bond donors (Lipinski definition) is 1. The number of amides is 1. The van der Waals surface area contributed by atoms with Crippen molar-refractivity contribution >= 4 is 5.91 Å². The number of carbonyl (C=O) groups excluding carboxylic acids is 1. The Morgan fingerprint density at radius 2 is 2.17 bits per heavy atom. The van der Waals surface area contributed by atoms with E-state index in [0.29, 0.717) is 30.8 Å². The molecular weight excluding hydrogens is 228 g/mol. The molecule has 5 nitrogen and oxygen atoms in total. The summed E-state index contributed by atoms with van der Waals surface area (Å²) in [6, 6.07) is 0.427. The monoisotopic (exact) mass is 254 g/mol.